The van der Waals surface area contributed by atoms with Gasteiger partial charge in [0.2, 0.25) is 0 Å². The molecule has 0 atom stereocenters. The lowest BCUT2D eigenvalue weighted by Crippen LogP contribution is -2.22. The van der Waals surface area contributed by atoms with Crippen LogP contribution >= 0.6 is 0 Å². The predicted octanol–water partition coefficient (Wildman–Crippen LogP) is 0.187. The zero-order chi connectivity index (χ0) is 6.41. The molecule has 0 aliphatic carbocycles. The first kappa shape index (κ1) is 7.84. The molecule has 4 nitrogen and oxygen atoms in total. The summed E-state index contributed by atoms with van der Waals surface area (Å²) in [6, 6.07) is 0. The van der Waals surface area contributed by atoms with Crippen molar-refractivity contribution in [2.24, 2.45) is 0 Å². The van der Waals surface area contributed by atoms with Crippen LogP contribution in [0.25, 0.3) is 0 Å². The van der Waals surface area contributed by atoms with Gasteiger partial charge >= 0.3 is 0 Å². The Morgan fingerprint density at radius 3 is 2.62 bits per heavy atom. The smallest absolute Gasteiger partial charge is 0.0969 e. The monoisotopic (exact) mass is 121 g/mol. The minimum absolute atomic E-state index is 0.143. The molecule has 0 aromatic carbocycles. The lowest BCUT2D eigenvalue weighted by molar-refractivity contribution is -0.254. The molecule has 0 saturated heterocycles. The molecule has 0 aliphatic heterocycles. The van der Waals surface area contributed by atoms with E-state index in [1.165, 1.54) is 0 Å². The fraction of sp³-hybridized carbons (Fsp3) is 1.00. The van der Waals surface area contributed by atoms with Crippen molar-refractivity contribution in [1.29, 1.82) is 0 Å². The van der Waals surface area contributed by atoms with Gasteiger partial charge in [0, 0.05) is 6.54 Å². The lowest BCUT2D eigenvalue weighted by atomic mass is 10.6. The highest BCUT2D eigenvalue weighted by molar-refractivity contribution is 4.35. The Morgan fingerprint density at radius 2 is 2.25 bits per heavy atom. The second-order valence-electron chi connectivity index (χ2n) is 1.38. The first-order valence-electron chi connectivity index (χ1n) is 2.51. The molecule has 0 heterocycles. The normalized spacial score (nSPS) is 10.5. The van der Waals surface area contributed by atoms with Gasteiger partial charge < -0.3 is 5.21 Å². The maximum Gasteiger partial charge on any atom is 0.0969 e. The molecule has 0 unspecified atom stereocenters. The van der Waals surface area contributed by atoms with Gasteiger partial charge in [-0.15, -0.1) is 0 Å². The molecule has 0 spiro atoms. The summed E-state index contributed by atoms with van der Waals surface area (Å²) < 4.78 is 0. The molecule has 0 rings (SSSR count). The molecule has 4 heteroatoms. The van der Waals surface area contributed by atoms with Crippen LogP contribution in [0.2, 0.25) is 0 Å². The van der Waals surface area contributed by atoms with Crippen molar-refractivity contribution in [2.45, 2.75) is 6.92 Å². The molecule has 0 fully saturated rings. The van der Waals surface area contributed by atoms with Crippen molar-refractivity contribution in [3.05, 3.63) is 0 Å². The van der Waals surface area contributed by atoms with Gasteiger partial charge in [-0.3, -0.25) is 5.26 Å². The summed E-state index contributed by atoms with van der Waals surface area (Å²) in [5.74, 6) is 0. The number of rotatable bonds is 4. The van der Waals surface area contributed by atoms with E-state index in [2.05, 4.69) is 4.89 Å². The second-order valence-corrected chi connectivity index (χ2v) is 1.38. The Labute approximate surface area is 48.2 Å². The highest BCUT2D eigenvalue weighted by Crippen LogP contribution is 1.77. The first-order valence-corrected chi connectivity index (χ1v) is 2.51. The lowest BCUT2D eigenvalue weighted by Gasteiger charge is -2.08. The summed E-state index contributed by atoms with van der Waals surface area (Å²) in [5.41, 5.74) is 0. The Bertz CT molecular complexity index is 50.5. The fourth-order valence-corrected chi connectivity index (χ4v) is 0.304. The third-order valence-corrected chi connectivity index (χ3v) is 0.806. The molecular formula is C4H11NO3. The molecule has 2 N–H and O–H groups in total. The maximum absolute atomic E-state index is 8.63. The van der Waals surface area contributed by atoms with Crippen LogP contribution in [0.3, 0.4) is 0 Å². The number of hydroxylamine groups is 2. The molecular weight excluding hydrogens is 110 g/mol. The summed E-state index contributed by atoms with van der Waals surface area (Å²) >= 11 is 0. The van der Waals surface area contributed by atoms with E-state index in [1.807, 2.05) is 0 Å². The topological polar surface area (TPSA) is 52.9 Å². The average molecular weight is 121 g/mol. The zero-order valence-electron chi connectivity index (χ0n) is 4.87. The van der Waals surface area contributed by atoms with Crippen molar-refractivity contribution in [2.75, 3.05) is 19.7 Å². The maximum atomic E-state index is 8.63. The Hall–Kier alpha value is -0.160. The summed E-state index contributed by atoms with van der Waals surface area (Å²) in [4.78, 5) is 3.71. The Balaban J connectivity index is 2.86. The summed E-state index contributed by atoms with van der Waals surface area (Å²) in [5, 5.41) is 17.5. The molecule has 8 heavy (non-hydrogen) atoms. The molecule has 0 aromatic heterocycles. The van der Waals surface area contributed by atoms with E-state index < -0.39 is 0 Å². The molecule has 0 radical (unpaired) electrons. The van der Waals surface area contributed by atoms with Crippen LogP contribution in [-0.2, 0) is 4.89 Å². The van der Waals surface area contributed by atoms with Gasteiger partial charge in [0.15, 0.2) is 0 Å². The van der Waals surface area contributed by atoms with Crippen molar-refractivity contribution < 1.29 is 15.4 Å². The second kappa shape index (κ2) is 4.99. The van der Waals surface area contributed by atoms with E-state index in [1.54, 1.807) is 6.92 Å². The van der Waals surface area contributed by atoms with E-state index in [9.17, 15) is 0 Å². The minimum atomic E-state index is 0.143. The van der Waals surface area contributed by atoms with Gasteiger partial charge in [0.25, 0.3) is 0 Å². The summed E-state index contributed by atoms with van der Waals surface area (Å²) in [6.07, 6.45) is 0. The SMILES string of the molecule is CCN(O)CCOO. The van der Waals surface area contributed by atoms with Crippen LogP contribution < -0.4 is 0 Å². The average Bonchev–Trinajstić information content (AvgIpc) is 1.83. The minimum Gasteiger partial charge on any atom is -0.314 e. The van der Waals surface area contributed by atoms with Crippen molar-refractivity contribution in [3.8, 4) is 0 Å². The summed E-state index contributed by atoms with van der Waals surface area (Å²) in [7, 11) is 0. The van der Waals surface area contributed by atoms with Crippen molar-refractivity contribution in [1.82, 2.24) is 5.06 Å². The van der Waals surface area contributed by atoms with E-state index in [0.717, 1.165) is 5.06 Å². The van der Waals surface area contributed by atoms with E-state index in [4.69, 9.17) is 10.5 Å². The standard InChI is InChI=1S/C4H11NO3/c1-2-5(6)3-4-8-7/h6-7H,2-4H2,1H3. The number of hydrogen-bond donors (Lipinski definition) is 2. The highest BCUT2D eigenvalue weighted by atomic mass is 17.1. The van der Waals surface area contributed by atoms with Gasteiger partial charge in [-0.1, -0.05) is 6.92 Å². The number of nitrogens with zero attached hydrogens (tertiary/aromatic N) is 1. The number of hydrogen-bond acceptors (Lipinski definition) is 4. The van der Waals surface area contributed by atoms with Gasteiger partial charge in [0.1, 0.15) is 0 Å². The van der Waals surface area contributed by atoms with Crippen LogP contribution in [-0.4, -0.2) is 35.2 Å². The van der Waals surface area contributed by atoms with E-state index >= 15 is 0 Å². The molecule has 0 bridgehead atoms. The van der Waals surface area contributed by atoms with Gasteiger partial charge in [-0.25, -0.2) is 4.89 Å². The molecule has 50 valence electrons. The van der Waals surface area contributed by atoms with Crippen LogP contribution in [0, 0.1) is 0 Å². The molecule has 0 aromatic rings. The van der Waals surface area contributed by atoms with Crippen LogP contribution in [0.15, 0.2) is 0 Å². The third kappa shape index (κ3) is 4.01. The van der Waals surface area contributed by atoms with Crippen molar-refractivity contribution >= 4 is 0 Å². The number of likely N-dealkylation sites (N-methyl/N-ethyl adjacent to an activating group) is 1. The van der Waals surface area contributed by atoms with E-state index in [0.29, 0.717) is 13.1 Å². The fourth-order valence-electron chi connectivity index (χ4n) is 0.304. The predicted molar refractivity (Wildman–Crippen MR) is 27.6 cm³/mol. The van der Waals surface area contributed by atoms with Crippen LogP contribution in [0.4, 0.5) is 0 Å². The van der Waals surface area contributed by atoms with Gasteiger partial charge in [-0.05, 0) is 0 Å². The molecule has 0 aliphatic rings. The Morgan fingerprint density at radius 1 is 1.62 bits per heavy atom. The quantitative estimate of drug-likeness (QED) is 0.411. The third-order valence-electron chi connectivity index (χ3n) is 0.806. The van der Waals surface area contributed by atoms with Crippen LogP contribution in [0.1, 0.15) is 6.92 Å². The van der Waals surface area contributed by atoms with Gasteiger partial charge in [-0.2, -0.15) is 5.06 Å². The summed E-state index contributed by atoms with van der Waals surface area (Å²) in [6.45, 7) is 2.83. The first-order chi connectivity index (χ1) is 3.81. The highest BCUT2D eigenvalue weighted by Gasteiger charge is 1.92. The molecule has 0 saturated carbocycles. The van der Waals surface area contributed by atoms with Crippen LogP contribution in [0.5, 0.6) is 0 Å². The molecule has 0 amide bonds. The van der Waals surface area contributed by atoms with Crippen molar-refractivity contribution in [3.63, 3.8) is 0 Å². The largest absolute Gasteiger partial charge is 0.314 e. The van der Waals surface area contributed by atoms with Gasteiger partial charge in [0.05, 0.1) is 13.2 Å². The van der Waals surface area contributed by atoms with E-state index in [-0.39, 0.29) is 6.61 Å². The zero-order valence-corrected chi connectivity index (χ0v) is 4.87. The Kier molecular flexibility index (Phi) is 4.89.